The second-order valence-corrected chi connectivity index (χ2v) is 28.9. The van der Waals surface area contributed by atoms with Crippen LogP contribution in [0.3, 0.4) is 0 Å². The molecular formula is C77H94O2S4. The summed E-state index contributed by atoms with van der Waals surface area (Å²) in [7, 11) is 0. The van der Waals surface area contributed by atoms with E-state index < -0.39 is 0 Å². The van der Waals surface area contributed by atoms with Crippen molar-refractivity contribution in [2.45, 2.75) is 189 Å². The molecule has 0 bridgehead atoms. The number of rotatable bonds is 34. The normalized spacial score (nSPS) is 13.2. The molecule has 0 saturated carbocycles. The molecule has 0 aliphatic heterocycles. The van der Waals surface area contributed by atoms with Gasteiger partial charge in [0.1, 0.15) is 11.5 Å². The Bertz CT molecular complexity index is 3090. The van der Waals surface area contributed by atoms with E-state index in [1.165, 1.54) is 186 Å². The molecule has 1 aliphatic rings. The molecule has 4 heterocycles. The second-order valence-electron chi connectivity index (χ2n) is 24.5. The van der Waals surface area contributed by atoms with Crippen LogP contribution in [0.1, 0.15) is 195 Å². The summed E-state index contributed by atoms with van der Waals surface area (Å²) in [4.78, 5) is 10.6. The molecule has 0 amide bonds. The van der Waals surface area contributed by atoms with Gasteiger partial charge in [-0.05, 0) is 245 Å². The number of unbranched alkanes of at least 4 members (excludes halogenated alkanes) is 10. The number of benzene rings is 4. The summed E-state index contributed by atoms with van der Waals surface area (Å²) >= 11 is 7.68. The molecule has 9 rings (SSSR count). The highest BCUT2D eigenvalue weighted by molar-refractivity contribution is 7.25. The SMILES string of the molecule is CCCCCCCCC1(CCCCCCCC)c2cc(-c3ccc(-c4ccc(-c5ccc(OCC[C@@H](C)CCC=C(C)C)cc5)s4)s3)ccc2-c2ccc(-c3ccc(-c4ccc(-c5ccc(OCC[C@@H](C)CCC=C(C)C)cc5)s4)s3)cc21. The third kappa shape index (κ3) is 17.0. The van der Waals surface area contributed by atoms with E-state index in [1.807, 2.05) is 45.3 Å². The molecule has 438 valence electrons. The van der Waals surface area contributed by atoms with Gasteiger partial charge in [0.25, 0.3) is 0 Å². The monoisotopic (exact) mass is 1180 g/mol. The molecule has 8 aromatic rings. The lowest BCUT2D eigenvalue weighted by Gasteiger charge is -2.33. The summed E-state index contributed by atoms with van der Waals surface area (Å²) in [5.41, 5.74) is 14.0. The first kappa shape index (κ1) is 62.3. The van der Waals surface area contributed by atoms with E-state index in [0.29, 0.717) is 11.8 Å². The minimum atomic E-state index is -0.0215. The van der Waals surface area contributed by atoms with Crippen LogP contribution < -0.4 is 9.47 Å². The lowest BCUT2D eigenvalue weighted by atomic mass is 9.70. The van der Waals surface area contributed by atoms with E-state index in [0.717, 1.165) is 50.4 Å². The molecule has 4 aromatic heterocycles. The molecule has 0 fully saturated rings. The molecular weight excluding hydrogens is 1090 g/mol. The van der Waals surface area contributed by atoms with Gasteiger partial charge in [-0.2, -0.15) is 0 Å². The van der Waals surface area contributed by atoms with Crippen LogP contribution in [0.5, 0.6) is 11.5 Å². The highest BCUT2D eigenvalue weighted by atomic mass is 32.1. The zero-order valence-corrected chi connectivity index (χ0v) is 54.8. The Kier molecular flexibility index (Phi) is 23.4. The van der Waals surface area contributed by atoms with Gasteiger partial charge in [0.05, 0.1) is 13.2 Å². The van der Waals surface area contributed by atoms with E-state index in [-0.39, 0.29) is 5.41 Å². The highest BCUT2D eigenvalue weighted by Crippen LogP contribution is 2.57. The third-order valence-electron chi connectivity index (χ3n) is 17.2. The van der Waals surface area contributed by atoms with Crippen molar-refractivity contribution >= 4 is 45.3 Å². The molecule has 0 saturated heterocycles. The van der Waals surface area contributed by atoms with Gasteiger partial charge in [-0.25, -0.2) is 0 Å². The molecule has 6 heteroatoms. The predicted molar refractivity (Wildman–Crippen MR) is 369 cm³/mol. The predicted octanol–water partition coefficient (Wildman–Crippen LogP) is 26.0. The zero-order chi connectivity index (χ0) is 58.0. The molecule has 0 spiro atoms. The first-order valence-corrected chi connectivity index (χ1v) is 35.2. The van der Waals surface area contributed by atoms with Gasteiger partial charge < -0.3 is 9.47 Å². The van der Waals surface area contributed by atoms with Crippen molar-refractivity contribution in [3.05, 3.63) is 168 Å². The minimum absolute atomic E-state index is 0.0215. The quantitative estimate of drug-likeness (QED) is 0.0296. The summed E-state index contributed by atoms with van der Waals surface area (Å²) in [6.45, 7) is 19.6. The van der Waals surface area contributed by atoms with Gasteiger partial charge in [-0.3, -0.25) is 0 Å². The maximum absolute atomic E-state index is 6.20. The number of hydrogen-bond donors (Lipinski definition) is 0. The number of ether oxygens (including phenoxy) is 2. The molecule has 0 radical (unpaired) electrons. The number of hydrogen-bond acceptors (Lipinski definition) is 6. The van der Waals surface area contributed by atoms with Gasteiger partial charge in [0.15, 0.2) is 0 Å². The van der Waals surface area contributed by atoms with E-state index in [2.05, 4.69) is 201 Å². The molecule has 2 nitrogen and oxygen atoms in total. The van der Waals surface area contributed by atoms with Crippen molar-refractivity contribution in [3.63, 3.8) is 0 Å². The summed E-state index contributed by atoms with van der Waals surface area (Å²) in [6.07, 6.45) is 29.7. The van der Waals surface area contributed by atoms with Crippen molar-refractivity contribution in [3.8, 4) is 83.9 Å². The van der Waals surface area contributed by atoms with E-state index in [1.54, 1.807) is 11.1 Å². The number of fused-ring (bicyclic) bond motifs is 3. The van der Waals surface area contributed by atoms with Gasteiger partial charge in [0.2, 0.25) is 0 Å². The fourth-order valence-electron chi connectivity index (χ4n) is 12.2. The first-order valence-electron chi connectivity index (χ1n) is 31.9. The lowest BCUT2D eigenvalue weighted by molar-refractivity contribution is 0.279. The van der Waals surface area contributed by atoms with E-state index in [9.17, 15) is 0 Å². The van der Waals surface area contributed by atoms with Gasteiger partial charge >= 0.3 is 0 Å². The highest BCUT2D eigenvalue weighted by Gasteiger charge is 2.43. The fraction of sp³-hybridized carbons (Fsp3) is 0.429. The van der Waals surface area contributed by atoms with E-state index >= 15 is 0 Å². The molecule has 1 aliphatic carbocycles. The topological polar surface area (TPSA) is 18.5 Å². The Balaban J connectivity index is 0.928. The van der Waals surface area contributed by atoms with Crippen LogP contribution in [-0.2, 0) is 5.41 Å². The van der Waals surface area contributed by atoms with Crippen LogP contribution in [0.25, 0.3) is 72.4 Å². The largest absolute Gasteiger partial charge is 0.494 e. The third-order valence-corrected chi connectivity index (χ3v) is 22.1. The fourth-order valence-corrected chi connectivity index (χ4v) is 16.4. The molecule has 0 N–H and O–H groups in total. The average Bonchev–Trinajstić information content (AvgIpc) is 2.94. The van der Waals surface area contributed by atoms with Gasteiger partial charge in [0, 0.05) is 44.4 Å². The van der Waals surface area contributed by atoms with Crippen LogP contribution in [0.15, 0.2) is 157 Å². The number of allylic oxidation sites excluding steroid dienone is 4. The van der Waals surface area contributed by atoms with E-state index in [4.69, 9.17) is 9.47 Å². The van der Waals surface area contributed by atoms with Crippen LogP contribution in [0.4, 0.5) is 0 Å². The Morgan fingerprint density at radius 3 is 1.07 bits per heavy atom. The smallest absolute Gasteiger partial charge is 0.119 e. The first-order chi connectivity index (χ1) is 40.5. The van der Waals surface area contributed by atoms with Crippen LogP contribution in [0, 0.1) is 11.8 Å². The van der Waals surface area contributed by atoms with Crippen molar-refractivity contribution in [2.75, 3.05) is 13.2 Å². The van der Waals surface area contributed by atoms with Gasteiger partial charge in [-0.1, -0.05) is 152 Å². The Labute approximate surface area is 517 Å². The summed E-state index contributed by atoms with van der Waals surface area (Å²) < 4.78 is 12.4. The van der Waals surface area contributed by atoms with Crippen molar-refractivity contribution in [2.24, 2.45) is 11.8 Å². The van der Waals surface area contributed by atoms with Crippen molar-refractivity contribution < 1.29 is 9.47 Å². The summed E-state index contributed by atoms with van der Waals surface area (Å²) in [5, 5.41) is 0. The summed E-state index contributed by atoms with van der Waals surface area (Å²) in [5.74, 6) is 3.22. The molecule has 0 unspecified atom stereocenters. The maximum atomic E-state index is 6.20. The molecule has 83 heavy (non-hydrogen) atoms. The maximum Gasteiger partial charge on any atom is 0.119 e. The van der Waals surface area contributed by atoms with Gasteiger partial charge in [-0.15, -0.1) is 45.3 Å². The zero-order valence-electron chi connectivity index (χ0n) is 51.5. The lowest BCUT2D eigenvalue weighted by Crippen LogP contribution is -2.25. The minimum Gasteiger partial charge on any atom is -0.494 e. The Morgan fingerprint density at radius 1 is 0.386 bits per heavy atom. The standard InChI is InChI=1S/C77H94O2S4/c1-9-11-13-15-17-19-49-77(50-20-18-16-14-12-10-2)67-53-61(71-41-45-75(82-71)73-43-39-69(80-73)59-27-33-63(34-28-59)78-51-47-57(7)25-21-23-55(3)4)31-37-65(67)66-38-32-62(54-68(66)77)72-42-46-76(83-72)74-44-40-70(81-74)60-29-35-64(36-30-60)79-52-48-58(8)26-22-24-56(5)6/h23-24,27-46,53-54,57-58H,9-22,25-26,47-52H2,1-8H3/t57-,58-/m0/s1. The van der Waals surface area contributed by atoms with Crippen LogP contribution in [0.2, 0.25) is 0 Å². The average molecular weight is 1180 g/mol. The number of thiophene rings is 4. The second kappa shape index (κ2) is 31.2. The van der Waals surface area contributed by atoms with Crippen LogP contribution in [-0.4, -0.2) is 13.2 Å². The van der Waals surface area contributed by atoms with Crippen molar-refractivity contribution in [1.82, 2.24) is 0 Å². The Morgan fingerprint density at radius 2 is 0.711 bits per heavy atom. The Hall–Kier alpha value is -5.24. The van der Waals surface area contributed by atoms with Crippen molar-refractivity contribution in [1.29, 1.82) is 0 Å². The molecule has 4 aromatic carbocycles. The molecule has 2 atom stereocenters. The van der Waals surface area contributed by atoms with Crippen LogP contribution >= 0.6 is 45.3 Å². The summed E-state index contributed by atoms with van der Waals surface area (Å²) in [6, 6.07) is 51.3.